The average Bonchev–Trinajstić information content (AvgIpc) is 2.94. The van der Waals surface area contributed by atoms with Crippen molar-refractivity contribution >= 4 is 46.0 Å². The third-order valence-corrected chi connectivity index (χ3v) is 4.74. The van der Waals surface area contributed by atoms with Crippen molar-refractivity contribution in [2.24, 2.45) is 0 Å². The molecule has 126 valence electrons. The zero-order valence-electron chi connectivity index (χ0n) is 13.9. The molecule has 2 N–H and O–H groups in total. The van der Waals surface area contributed by atoms with E-state index in [4.69, 9.17) is 10.7 Å². The molecule has 0 aliphatic heterocycles. The minimum Gasteiger partial charge on any atom is -0.369 e. The highest BCUT2D eigenvalue weighted by Crippen LogP contribution is 2.36. The number of fused-ring (bicyclic) bond motifs is 4. The zero-order chi connectivity index (χ0) is 17.8. The number of benzene rings is 1. The summed E-state index contributed by atoms with van der Waals surface area (Å²) in [6.07, 6.45) is 3.46. The summed E-state index contributed by atoms with van der Waals surface area (Å²) in [5, 5.41) is 1.98. The van der Waals surface area contributed by atoms with Gasteiger partial charge in [-0.15, -0.1) is 12.6 Å². The van der Waals surface area contributed by atoms with Crippen LogP contribution in [-0.2, 0) is 0 Å². The highest BCUT2D eigenvalue weighted by molar-refractivity contribution is 7.80. The zero-order valence-corrected chi connectivity index (χ0v) is 14.8. The second-order valence-corrected chi connectivity index (χ2v) is 6.64. The van der Waals surface area contributed by atoms with Gasteiger partial charge in [0.1, 0.15) is 11.5 Å². The summed E-state index contributed by atoms with van der Waals surface area (Å²) in [6.45, 7) is 1.88. The van der Waals surface area contributed by atoms with Crippen LogP contribution >= 0.6 is 12.6 Å². The molecule has 4 aromatic heterocycles. The molecule has 4 heterocycles. The van der Waals surface area contributed by atoms with Gasteiger partial charge < -0.3 is 5.73 Å². The fourth-order valence-electron chi connectivity index (χ4n) is 3.37. The Bertz CT molecular complexity index is 1320. The van der Waals surface area contributed by atoms with Gasteiger partial charge >= 0.3 is 0 Å². The summed E-state index contributed by atoms with van der Waals surface area (Å²) in [5.74, 6) is 1.10. The number of aromatic nitrogens is 5. The highest BCUT2D eigenvalue weighted by atomic mass is 32.1. The van der Waals surface area contributed by atoms with E-state index in [0.29, 0.717) is 11.8 Å². The lowest BCUT2D eigenvalue weighted by Crippen LogP contribution is -2.00. The van der Waals surface area contributed by atoms with Crippen molar-refractivity contribution in [2.45, 2.75) is 11.8 Å². The minimum absolute atomic E-state index is 0.391. The summed E-state index contributed by atoms with van der Waals surface area (Å²) >= 11 is 4.45. The van der Waals surface area contributed by atoms with Gasteiger partial charge in [0.05, 0.1) is 16.7 Å². The predicted molar refractivity (Wildman–Crippen MR) is 105 cm³/mol. The van der Waals surface area contributed by atoms with Crippen LogP contribution in [0.15, 0.2) is 53.7 Å². The molecule has 0 radical (unpaired) electrons. The van der Waals surface area contributed by atoms with Crippen molar-refractivity contribution in [1.29, 1.82) is 0 Å². The SMILES string of the molecule is Cc1nccc(-c2c3cc4cc(S)ccc4nc3n3c(N)nccc23)n1. The van der Waals surface area contributed by atoms with Gasteiger partial charge in [-0.3, -0.25) is 4.40 Å². The van der Waals surface area contributed by atoms with E-state index in [-0.39, 0.29) is 0 Å². The van der Waals surface area contributed by atoms with E-state index in [1.807, 2.05) is 41.7 Å². The number of anilines is 1. The smallest absolute Gasteiger partial charge is 0.206 e. The third kappa shape index (κ3) is 2.14. The van der Waals surface area contributed by atoms with Crippen molar-refractivity contribution in [3.63, 3.8) is 0 Å². The summed E-state index contributed by atoms with van der Waals surface area (Å²) in [4.78, 5) is 18.8. The number of nitrogens with zero attached hydrogens (tertiary/aromatic N) is 5. The minimum atomic E-state index is 0.391. The van der Waals surface area contributed by atoms with Crippen LogP contribution in [-0.4, -0.2) is 24.3 Å². The molecule has 0 spiro atoms. The lowest BCUT2D eigenvalue weighted by atomic mass is 10.1. The maximum absolute atomic E-state index is 6.18. The molecule has 0 amide bonds. The quantitative estimate of drug-likeness (QED) is 0.447. The van der Waals surface area contributed by atoms with Gasteiger partial charge in [-0.2, -0.15) is 0 Å². The number of nitrogens with two attached hydrogens (primary N) is 1. The average molecular weight is 358 g/mol. The molecular weight excluding hydrogens is 344 g/mol. The summed E-state index contributed by atoms with van der Waals surface area (Å²) in [7, 11) is 0. The molecule has 0 aliphatic rings. The molecule has 0 unspecified atom stereocenters. The number of aryl methyl sites for hydroxylation is 1. The number of nitrogen functional groups attached to an aromatic ring is 1. The van der Waals surface area contributed by atoms with Gasteiger partial charge in [-0.05, 0) is 43.3 Å². The van der Waals surface area contributed by atoms with Crippen molar-refractivity contribution in [2.75, 3.05) is 5.73 Å². The van der Waals surface area contributed by atoms with E-state index in [0.717, 1.165) is 43.6 Å². The van der Waals surface area contributed by atoms with Gasteiger partial charge in [-0.1, -0.05) is 0 Å². The first-order chi connectivity index (χ1) is 12.6. The third-order valence-electron chi connectivity index (χ3n) is 4.46. The molecule has 5 rings (SSSR count). The second kappa shape index (κ2) is 5.40. The highest BCUT2D eigenvalue weighted by Gasteiger charge is 2.18. The van der Waals surface area contributed by atoms with E-state index in [1.54, 1.807) is 12.4 Å². The predicted octanol–water partition coefficient (Wildman–Crippen LogP) is 3.67. The number of pyridine rings is 1. The standard InChI is InChI=1S/C19H14N6S/c1-10-21-6-4-15(23-10)17-13-9-11-8-12(26)2-3-14(11)24-18(13)25-16(17)5-7-22-19(25)20/h2-9,26H,1H3,(H2,20,22). The van der Waals surface area contributed by atoms with Crippen LogP contribution in [0.2, 0.25) is 0 Å². The molecular formula is C19H14N6S. The monoisotopic (exact) mass is 358 g/mol. The van der Waals surface area contributed by atoms with Crippen LogP contribution in [0.1, 0.15) is 5.82 Å². The van der Waals surface area contributed by atoms with Crippen molar-refractivity contribution in [3.05, 3.63) is 54.6 Å². The number of hydrogen-bond donors (Lipinski definition) is 2. The van der Waals surface area contributed by atoms with E-state index >= 15 is 0 Å². The number of thiol groups is 1. The molecule has 1 aromatic carbocycles. The Morgan fingerprint density at radius 3 is 2.69 bits per heavy atom. The molecule has 5 aromatic rings. The van der Waals surface area contributed by atoms with E-state index in [2.05, 4.69) is 33.6 Å². The number of rotatable bonds is 1. The van der Waals surface area contributed by atoms with Crippen LogP contribution in [0.3, 0.4) is 0 Å². The topological polar surface area (TPSA) is 82.0 Å². The largest absolute Gasteiger partial charge is 0.369 e. The van der Waals surface area contributed by atoms with E-state index < -0.39 is 0 Å². The summed E-state index contributed by atoms with van der Waals surface area (Å²) in [6, 6.07) is 11.8. The number of hydrogen-bond acceptors (Lipinski definition) is 6. The Labute approximate surface area is 154 Å². The maximum atomic E-state index is 6.18. The Morgan fingerprint density at radius 2 is 1.85 bits per heavy atom. The Balaban J connectivity index is 2.02. The van der Waals surface area contributed by atoms with Crippen molar-refractivity contribution in [1.82, 2.24) is 24.3 Å². The first kappa shape index (κ1) is 15.1. The van der Waals surface area contributed by atoms with Crippen molar-refractivity contribution in [3.8, 4) is 11.3 Å². The van der Waals surface area contributed by atoms with Crippen LogP contribution in [0.25, 0.3) is 38.7 Å². The van der Waals surface area contributed by atoms with Gasteiger partial charge in [0.25, 0.3) is 0 Å². The second-order valence-electron chi connectivity index (χ2n) is 6.12. The molecule has 6 nitrogen and oxygen atoms in total. The van der Waals surface area contributed by atoms with E-state index in [1.165, 1.54) is 0 Å². The maximum Gasteiger partial charge on any atom is 0.206 e. The van der Waals surface area contributed by atoms with Crippen LogP contribution < -0.4 is 5.73 Å². The summed E-state index contributed by atoms with van der Waals surface area (Å²) < 4.78 is 1.87. The van der Waals surface area contributed by atoms with Crippen LogP contribution in [0, 0.1) is 6.92 Å². The van der Waals surface area contributed by atoms with Gasteiger partial charge in [0.2, 0.25) is 5.95 Å². The van der Waals surface area contributed by atoms with Gasteiger partial charge in [0, 0.05) is 33.6 Å². The van der Waals surface area contributed by atoms with Gasteiger partial charge in [0.15, 0.2) is 0 Å². The normalized spacial score (nSPS) is 11.6. The molecule has 0 saturated carbocycles. The lowest BCUT2D eigenvalue weighted by Gasteiger charge is -2.02. The van der Waals surface area contributed by atoms with Crippen LogP contribution in [0.4, 0.5) is 5.95 Å². The Morgan fingerprint density at radius 1 is 1.00 bits per heavy atom. The first-order valence-electron chi connectivity index (χ1n) is 8.10. The van der Waals surface area contributed by atoms with Gasteiger partial charge in [-0.25, -0.2) is 19.9 Å². The molecule has 7 heteroatoms. The lowest BCUT2D eigenvalue weighted by molar-refractivity contribution is 1.06. The van der Waals surface area contributed by atoms with E-state index in [9.17, 15) is 0 Å². The molecule has 0 saturated heterocycles. The van der Waals surface area contributed by atoms with Crippen molar-refractivity contribution < 1.29 is 0 Å². The fourth-order valence-corrected chi connectivity index (χ4v) is 3.58. The Kier molecular flexibility index (Phi) is 3.14. The molecule has 0 aliphatic carbocycles. The Hall–Kier alpha value is -3.19. The molecule has 26 heavy (non-hydrogen) atoms. The molecule has 0 fully saturated rings. The molecule has 0 atom stereocenters. The summed E-state index contributed by atoms with van der Waals surface area (Å²) in [5.41, 5.74) is 10.5. The fraction of sp³-hybridized carbons (Fsp3) is 0.0526. The molecule has 0 bridgehead atoms. The first-order valence-corrected chi connectivity index (χ1v) is 8.55. The van der Waals surface area contributed by atoms with Crippen LogP contribution in [0.5, 0.6) is 0 Å².